The molecule has 4 aromatic heterocycles. The fourth-order valence-electron chi connectivity index (χ4n) is 12.5. The summed E-state index contributed by atoms with van der Waals surface area (Å²) in [5.74, 6) is 0. The normalized spacial score (nSPS) is 11.3. The molecule has 4 heterocycles. The largest absolute Gasteiger partial charge is 0.456 e. The highest BCUT2D eigenvalue weighted by Crippen LogP contribution is 2.46. The average molecular weight is 1300 g/mol. The van der Waals surface area contributed by atoms with E-state index < -0.39 is 0 Å². The molecule has 0 spiro atoms. The van der Waals surface area contributed by atoms with Crippen molar-refractivity contribution in [2.75, 3.05) is 20.0 Å². The lowest BCUT2D eigenvalue weighted by Gasteiger charge is -2.25. The van der Waals surface area contributed by atoms with Gasteiger partial charge in [-0.1, -0.05) is 186 Å². The Morgan fingerprint density at radius 3 is 0.968 bits per heavy atom. The molecule has 18 rings (SSSR count). The zero-order chi connectivity index (χ0) is 62.0. The Morgan fingerprint density at radius 2 is 0.538 bits per heavy atom. The fourth-order valence-corrected chi connectivity index (χ4v) is 15.3. The summed E-state index contributed by atoms with van der Waals surface area (Å²) in [5.41, 5.74) is 16.0. The number of anilines is 11. The number of fused-ring (bicyclic) bond motifs is 12. The van der Waals surface area contributed by atoms with Crippen LogP contribution in [0, 0.1) is 0 Å². The molecule has 0 bridgehead atoms. The quantitative estimate of drug-likeness (QED) is 0.139. The minimum absolute atomic E-state index is 0.897. The third kappa shape index (κ3) is 11.5. The van der Waals surface area contributed by atoms with Gasteiger partial charge in [0.15, 0.2) is 0 Å². The number of nitrogens with zero attached hydrogens (tertiary/aromatic N) is 3. The second-order valence-electron chi connectivity index (χ2n) is 22.6. The number of hydrogen-bond acceptors (Lipinski definition) is 8. The van der Waals surface area contributed by atoms with E-state index in [1.54, 1.807) is 0 Å². The van der Waals surface area contributed by atoms with Gasteiger partial charge in [0.25, 0.3) is 0 Å². The van der Waals surface area contributed by atoms with Crippen molar-refractivity contribution in [3.05, 3.63) is 344 Å². The second-order valence-corrected chi connectivity index (χ2v) is 25.7. The van der Waals surface area contributed by atoms with Crippen LogP contribution in [0.5, 0.6) is 0 Å². The molecule has 93 heavy (non-hydrogen) atoms. The summed E-state index contributed by atoms with van der Waals surface area (Å²) in [4.78, 5) is 6.96. The molecule has 9 heteroatoms. The average Bonchev–Trinajstić information content (AvgIpc) is 1.76. The second kappa shape index (κ2) is 25.2. The maximum Gasteiger partial charge on any atom is 0.135 e. The van der Waals surface area contributed by atoms with E-state index in [4.69, 9.17) is 8.83 Å². The molecule has 1 N–H and O–H groups in total. The van der Waals surface area contributed by atoms with Gasteiger partial charge >= 0.3 is 0 Å². The Morgan fingerprint density at radius 1 is 0.226 bits per heavy atom. The molecule has 0 aliphatic carbocycles. The van der Waals surface area contributed by atoms with Crippen LogP contribution in [0.1, 0.15) is 0 Å². The summed E-state index contributed by atoms with van der Waals surface area (Å²) < 4.78 is 18.2. The number of rotatable bonds is 11. The van der Waals surface area contributed by atoms with Crippen molar-refractivity contribution in [1.29, 1.82) is 0 Å². The number of hydrogen-bond donors (Lipinski definition) is 1. The molecule has 0 saturated heterocycles. The number of benzene rings is 14. The highest BCUT2D eigenvalue weighted by Gasteiger charge is 2.20. The first kappa shape index (κ1) is 57.0. The zero-order valence-electron chi connectivity index (χ0n) is 50.2. The maximum atomic E-state index is 6.15. The summed E-state index contributed by atoms with van der Waals surface area (Å²) >= 11 is 7.27. The third-order valence-electron chi connectivity index (χ3n) is 16.8. The maximum absolute atomic E-state index is 6.15. The minimum atomic E-state index is 0.897. The van der Waals surface area contributed by atoms with Gasteiger partial charge in [0.2, 0.25) is 0 Å². The van der Waals surface area contributed by atoms with E-state index in [1.165, 1.54) is 46.0 Å². The van der Waals surface area contributed by atoms with E-state index in [2.05, 4.69) is 315 Å². The fraction of sp³-hybridized carbons (Fsp3) is 0. The van der Waals surface area contributed by atoms with Crippen LogP contribution in [-0.4, -0.2) is 0 Å². The summed E-state index contributed by atoms with van der Waals surface area (Å²) in [6.45, 7) is 0. The highest BCUT2D eigenvalue weighted by atomic mass is 79.9. The van der Waals surface area contributed by atoms with Crippen LogP contribution in [0.3, 0.4) is 0 Å². The van der Waals surface area contributed by atoms with E-state index in [0.717, 1.165) is 105 Å². The highest BCUT2D eigenvalue weighted by molar-refractivity contribution is 9.10. The van der Waals surface area contributed by atoms with Crippen LogP contribution in [0.2, 0.25) is 0 Å². The molecule has 444 valence electrons. The Kier molecular flexibility index (Phi) is 15.5. The molecular formula is C84H57BrN4O2S2. The van der Waals surface area contributed by atoms with Gasteiger partial charge in [-0.05, 0) is 170 Å². The van der Waals surface area contributed by atoms with Crippen molar-refractivity contribution < 1.29 is 8.83 Å². The van der Waals surface area contributed by atoms with Gasteiger partial charge in [-0.25, -0.2) is 0 Å². The van der Waals surface area contributed by atoms with E-state index in [1.807, 2.05) is 83.3 Å². The molecular weight excluding hydrogens is 1240 g/mol. The lowest BCUT2D eigenvalue weighted by Crippen LogP contribution is -2.09. The van der Waals surface area contributed by atoms with Gasteiger partial charge in [0.1, 0.15) is 22.3 Å². The Hall–Kier alpha value is -11.2. The molecule has 18 aromatic rings. The van der Waals surface area contributed by atoms with E-state index in [-0.39, 0.29) is 0 Å². The van der Waals surface area contributed by atoms with E-state index in [9.17, 15) is 0 Å². The molecule has 0 unspecified atom stereocenters. The summed E-state index contributed by atoms with van der Waals surface area (Å²) in [6.07, 6.45) is 0. The topological polar surface area (TPSA) is 48.0 Å². The first-order valence-electron chi connectivity index (χ1n) is 30.9. The van der Waals surface area contributed by atoms with Gasteiger partial charge < -0.3 is 28.9 Å². The molecule has 0 aliphatic heterocycles. The summed E-state index contributed by atoms with van der Waals surface area (Å²) in [5, 5.41) is 13.1. The number of thiophene rings is 2. The first-order chi connectivity index (χ1) is 46.0. The van der Waals surface area contributed by atoms with Crippen LogP contribution in [0.4, 0.5) is 62.6 Å². The van der Waals surface area contributed by atoms with Crippen LogP contribution in [0.25, 0.3) is 84.2 Å². The molecule has 6 nitrogen and oxygen atoms in total. The first-order valence-corrected chi connectivity index (χ1v) is 33.3. The Balaban J connectivity index is 0.000000123. The van der Waals surface area contributed by atoms with Gasteiger partial charge in [-0.2, -0.15) is 0 Å². The van der Waals surface area contributed by atoms with Gasteiger partial charge in [-0.3, -0.25) is 0 Å². The standard InChI is InChI=1S/C42H28N2OS.C24H16BrNS.C18H13NO/c1-4-12-29(13-5-1)43(30-14-6-2-7-15-30)33-20-23-36-37-24-21-34(28-42(37)46-41(36)27-33)44(31-16-8-3-9-17-31)32-22-25-40-38(26-32)35-18-10-11-19-39(35)45-40;25-17-11-13-21-22-14-12-20(16-24(22)27-23(21)15-17)26(18-7-3-1-4-8-18)19-9-5-2-6-10-19;1-2-6-13(7-3-1)19-14-10-11-18-16(12-14)15-8-4-5-9-17(15)20-18/h1-28H;1-16H;1-12,19H. The molecule has 0 fully saturated rings. The van der Waals surface area contributed by atoms with Crippen molar-refractivity contribution in [3.8, 4) is 0 Å². The predicted molar refractivity (Wildman–Crippen MR) is 401 cm³/mol. The van der Waals surface area contributed by atoms with Crippen molar-refractivity contribution in [2.24, 2.45) is 0 Å². The van der Waals surface area contributed by atoms with Crippen LogP contribution >= 0.6 is 38.6 Å². The number of nitrogens with one attached hydrogen (secondary N) is 1. The monoisotopic (exact) mass is 1300 g/mol. The molecule has 0 aliphatic rings. The zero-order valence-corrected chi connectivity index (χ0v) is 53.4. The molecule has 14 aromatic carbocycles. The molecule has 0 saturated carbocycles. The van der Waals surface area contributed by atoms with Crippen molar-refractivity contribution in [3.63, 3.8) is 0 Å². The summed E-state index contributed by atoms with van der Waals surface area (Å²) in [6, 6.07) is 119. The van der Waals surface area contributed by atoms with E-state index in [0.29, 0.717) is 0 Å². The van der Waals surface area contributed by atoms with Crippen LogP contribution < -0.4 is 20.0 Å². The van der Waals surface area contributed by atoms with Crippen molar-refractivity contribution in [2.45, 2.75) is 0 Å². The van der Waals surface area contributed by atoms with Crippen LogP contribution in [-0.2, 0) is 0 Å². The smallest absolute Gasteiger partial charge is 0.135 e. The predicted octanol–water partition coefficient (Wildman–Crippen LogP) is 26.5. The lowest BCUT2D eigenvalue weighted by molar-refractivity contribution is 0.668. The SMILES string of the molecule is Brc1ccc2c(c1)sc1cc(N(c3ccccc3)c3ccccc3)ccc12.c1ccc(N(c2ccccc2)c2ccc3c(c2)sc2cc(N(c4ccccc4)c4ccc5oc6ccccc6c5c4)ccc23)cc1.c1ccc(Nc2ccc3oc4ccccc4c3c2)cc1. The number of halogens is 1. The Bertz CT molecular complexity index is 5560. The number of furan rings is 2. The van der Waals surface area contributed by atoms with Crippen LogP contribution in [0.15, 0.2) is 353 Å². The number of para-hydroxylation sites is 8. The Labute approximate surface area is 554 Å². The molecule has 0 radical (unpaired) electrons. The molecule has 0 atom stereocenters. The molecule has 0 amide bonds. The van der Waals surface area contributed by atoms with Crippen molar-refractivity contribution >= 4 is 185 Å². The lowest BCUT2D eigenvalue weighted by atomic mass is 10.1. The van der Waals surface area contributed by atoms with Gasteiger partial charge in [-0.15, -0.1) is 22.7 Å². The minimum Gasteiger partial charge on any atom is -0.456 e. The van der Waals surface area contributed by atoms with Gasteiger partial charge in [0.05, 0.1) is 0 Å². The van der Waals surface area contributed by atoms with Crippen molar-refractivity contribution in [1.82, 2.24) is 0 Å². The van der Waals surface area contributed by atoms with E-state index >= 15 is 0 Å². The summed E-state index contributed by atoms with van der Waals surface area (Å²) in [7, 11) is 0. The van der Waals surface area contributed by atoms with Gasteiger partial charge in [0, 0.05) is 129 Å². The third-order valence-corrected chi connectivity index (χ3v) is 19.5.